The number of fused-ring (bicyclic) bond motifs is 1. The van der Waals surface area contributed by atoms with E-state index in [1.165, 1.54) is 0 Å². The lowest BCUT2D eigenvalue weighted by molar-refractivity contribution is -0.146. The number of nitrogens with zero attached hydrogens (tertiary/aromatic N) is 1. The molecule has 0 spiro atoms. The molecule has 4 nitrogen and oxygen atoms in total. The number of urea groups is 1. The van der Waals surface area contributed by atoms with Crippen molar-refractivity contribution >= 4 is 16.8 Å². The van der Waals surface area contributed by atoms with Gasteiger partial charge < -0.3 is 15.0 Å². The Balaban J connectivity index is 1.72. The van der Waals surface area contributed by atoms with Crippen LogP contribution in [0, 0.1) is 0 Å². The molecule has 26 heavy (non-hydrogen) atoms. The summed E-state index contributed by atoms with van der Waals surface area (Å²) in [4.78, 5) is 13.4. The topological polar surface area (TPSA) is 41.6 Å². The van der Waals surface area contributed by atoms with Gasteiger partial charge in [0.1, 0.15) is 6.54 Å². The largest absolute Gasteiger partial charge is 0.406 e. The Hall–Kier alpha value is -2.28. The van der Waals surface area contributed by atoms with E-state index in [4.69, 9.17) is 4.74 Å². The molecule has 1 N–H and O–H groups in total. The van der Waals surface area contributed by atoms with Crippen molar-refractivity contribution in [3.63, 3.8) is 0 Å². The minimum absolute atomic E-state index is 0.178. The zero-order chi connectivity index (χ0) is 18.6. The highest BCUT2D eigenvalue weighted by Gasteiger charge is 2.37. The van der Waals surface area contributed by atoms with Crippen LogP contribution in [0.3, 0.4) is 0 Å². The Labute approximate surface area is 149 Å². The normalized spacial score (nSPS) is 15.8. The second-order valence-corrected chi connectivity index (χ2v) is 6.38. The average Bonchev–Trinajstić information content (AvgIpc) is 2.64. The number of amides is 2. The van der Waals surface area contributed by atoms with Gasteiger partial charge in [0.15, 0.2) is 0 Å². The Morgan fingerprint density at radius 2 is 1.81 bits per heavy atom. The van der Waals surface area contributed by atoms with Crippen LogP contribution in [0.25, 0.3) is 10.8 Å². The van der Waals surface area contributed by atoms with Gasteiger partial charge in [0.2, 0.25) is 0 Å². The Kier molecular flexibility index (Phi) is 5.66. The van der Waals surface area contributed by atoms with E-state index < -0.39 is 24.8 Å². The third kappa shape index (κ3) is 4.66. The van der Waals surface area contributed by atoms with E-state index >= 15 is 0 Å². The monoisotopic (exact) mass is 366 g/mol. The lowest BCUT2D eigenvalue weighted by Gasteiger charge is -2.34. The fourth-order valence-electron chi connectivity index (χ4n) is 3.28. The number of ether oxygens (including phenoxy) is 1. The van der Waals surface area contributed by atoms with Gasteiger partial charge in [-0.15, -0.1) is 0 Å². The third-order valence-electron chi connectivity index (χ3n) is 4.55. The molecule has 1 aliphatic rings. The van der Waals surface area contributed by atoms with E-state index in [1.807, 2.05) is 42.5 Å². The molecule has 2 aromatic carbocycles. The molecule has 0 bridgehead atoms. The summed E-state index contributed by atoms with van der Waals surface area (Å²) in [6.07, 6.45) is -3.61. The average molecular weight is 366 g/mol. The van der Waals surface area contributed by atoms with Crippen LogP contribution in [-0.2, 0) is 11.3 Å². The number of hydrogen-bond donors (Lipinski definition) is 1. The number of rotatable bonds is 4. The number of nitrogens with one attached hydrogen (secondary N) is 1. The summed E-state index contributed by atoms with van der Waals surface area (Å²) in [6, 6.07) is 12.2. The highest BCUT2D eigenvalue weighted by molar-refractivity contribution is 5.86. The lowest BCUT2D eigenvalue weighted by atomic mass is 10.0. The molecule has 0 unspecified atom stereocenters. The fraction of sp³-hybridized carbons (Fsp3) is 0.421. The van der Waals surface area contributed by atoms with Crippen LogP contribution < -0.4 is 5.32 Å². The van der Waals surface area contributed by atoms with Crippen molar-refractivity contribution in [1.29, 1.82) is 0 Å². The second-order valence-electron chi connectivity index (χ2n) is 6.38. The molecule has 1 fully saturated rings. The van der Waals surface area contributed by atoms with E-state index in [-0.39, 0.29) is 6.54 Å². The first-order chi connectivity index (χ1) is 12.4. The summed E-state index contributed by atoms with van der Waals surface area (Å²) in [6.45, 7) is -0.331. The van der Waals surface area contributed by atoms with Crippen molar-refractivity contribution in [3.05, 3.63) is 48.0 Å². The maximum atomic E-state index is 12.9. The van der Waals surface area contributed by atoms with Crippen molar-refractivity contribution in [2.24, 2.45) is 0 Å². The Morgan fingerprint density at radius 3 is 2.54 bits per heavy atom. The fourth-order valence-corrected chi connectivity index (χ4v) is 3.28. The molecule has 3 rings (SSSR count). The van der Waals surface area contributed by atoms with Crippen molar-refractivity contribution in [3.8, 4) is 0 Å². The molecule has 2 aromatic rings. The van der Waals surface area contributed by atoms with Gasteiger partial charge in [-0.3, -0.25) is 0 Å². The minimum atomic E-state index is -4.44. The van der Waals surface area contributed by atoms with Crippen molar-refractivity contribution in [2.75, 3.05) is 19.8 Å². The molecular formula is C19H21F3N2O2. The van der Waals surface area contributed by atoms with Crippen LogP contribution in [0.1, 0.15) is 18.4 Å². The molecule has 0 saturated carbocycles. The highest BCUT2D eigenvalue weighted by Crippen LogP contribution is 2.23. The molecule has 2 amide bonds. The standard InChI is InChI=1S/C19H21F3N2O2/c20-19(21,22)13-24(16-8-10-26-11-9-16)18(25)23-12-15-6-3-5-14-4-1-2-7-17(14)15/h1-7,16H,8-13H2,(H,23,25). The van der Waals surface area contributed by atoms with E-state index in [0.717, 1.165) is 21.2 Å². The van der Waals surface area contributed by atoms with Crippen molar-refractivity contribution in [1.82, 2.24) is 10.2 Å². The summed E-state index contributed by atoms with van der Waals surface area (Å²) >= 11 is 0. The molecule has 0 aromatic heterocycles. The first-order valence-corrected chi connectivity index (χ1v) is 8.59. The number of halogens is 3. The first kappa shape index (κ1) is 18.5. The van der Waals surface area contributed by atoms with E-state index in [2.05, 4.69) is 5.32 Å². The number of carbonyl (C=O) groups is 1. The van der Waals surface area contributed by atoms with E-state index in [0.29, 0.717) is 26.1 Å². The Bertz CT molecular complexity index is 753. The quantitative estimate of drug-likeness (QED) is 0.885. The molecule has 0 radical (unpaired) electrons. The zero-order valence-electron chi connectivity index (χ0n) is 14.3. The van der Waals surface area contributed by atoms with Crippen LogP contribution in [0.4, 0.5) is 18.0 Å². The van der Waals surface area contributed by atoms with Crippen LogP contribution in [0.5, 0.6) is 0 Å². The summed E-state index contributed by atoms with van der Waals surface area (Å²) in [7, 11) is 0. The van der Waals surface area contributed by atoms with Gasteiger partial charge in [-0.05, 0) is 29.2 Å². The second kappa shape index (κ2) is 7.95. The minimum Gasteiger partial charge on any atom is -0.381 e. The Morgan fingerprint density at radius 1 is 1.12 bits per heavy atom. The number of carbonyl (C=O) groups excluding carboxylic acids is 1. The maximum absolute atomic E-state index is 12.9. The third-order valence-corrected chi connectivity index (χ3v) is 4.55. The molecule has 1 saturated heterocycles. The predicted molar refractivity (Wildman–Crippen MR) is 92.8 cm³/mol. The highest BCUT2D eigenvalue weighted by atomic mass is 19.4. The van der Waals surface area contributed by atoms with Gasteiger partial charge in [-0.1, -0.05) is 42.5 Å². The maximum Gasteiger partial charge on any atom is 0.406 e. The van der Waals surface area contributed by atoms with Gasteiger partial charge in [0.25, 0.3) is 0 Å². The summed E-state index contributed by atoms with van der Waals surface area (Å²) in [5.74, 6) is 0. The van der Waals surface area contributed by atoms with Crippen LogP contribution in [0.15, 0.2) is 42.5 Å². The summed E-state index contributed by atoms with van der Waals surface area (Å²) < 4.78 is 44.0. The lowest BCUT2D eigenvalue weighted by Crippen LogP contribution is -2.51. The van der Waals surface area contributed by atoms with Crippen LogP contribution in [-0.4, -0.2) is 42.9 Å². The number of benzene rings is 2. The van der Waals surface area contributed by atoms with Gasteiger partial charge in [0.05, 0.1) is 0 Å². The zero-order valence-corrected chi connectivity index (χ0v) is 14.3. The smallest absolute Gasteiger partial charge is 0.381 e. The molecular weight excluding hydrogens is 345 g/mol. The van der Waals surface area contributed by atoms with Crippen molar-refractivity contribution < 1.29 is 22.7 Å². The summed E-state index contributed by atoms with van der Waals surface area (Å²) in [5, 5.41) is 4.66. The predicted octanol–water partition coefficient (Wildman–Crippen LogP) is 4.09. The number of hydrogen-bond acceptors (Lipinski definition) is 2. The molecule has 1 aliphatic heterocycles. The van der Waals surface area contributed by atoms with Gasteiger partial charge in [-0.25, -0.2) is 4.79 Å². The molecule has 0 atom stereocenters. The van der Waals surface area contributed by atoms with Gasteiger partial charge in [0, 0.05) is 25.8 Å². The van der Waals surface area contributed by atoms with Crippen molar-refractivity contribution in [2.45, 2.75) is 31.6 Å². The SMILES string of the molecule is O=C(NCc1cccc2ccccc12)N(CC(F)(F)F)C1CCOCC1. The number of alkyl halides is 3. The molecule has 7 heteroatoms. The van der Waals surface area contributed by atoms with E-state index in [9.17, 15) is 18.0 Å². The van der Waals surface area contributed by atoms with Crippen LogP contribution in [0.2, 0.25) is 0 Å². The molecule has 0 aliphatic carbocycles. The first-order valence-electron chi connectivity index (χ1n) is 8.59. The van der Waals surface area contributed by atoms with Crippen LogP contribution >= 0.6 is 0 Å². The summed E-state index contributed by atoms with van der Waals surface area (Å²) in [5.41, 5.74) is 0.871. The van der Waals surface area contributed by atoms with E-state index in [1.54, 1.807) is 0 Å². The van der Waals surface area contributed by atoms with Gasteiger partial charge >= 0.3 is 12.2 Å². The van der Waals surface area contributed by atoms with Gasteiger partial charge in [-0.2, -0.15) is 13.2 Å². The molecule has 140 valence electrons. The molecule has 1 heterocycles.